The summed E-state index contributed by atoms with van der Waals surface area (Å²) in [5, 5.41) is 6.07. The van der Waals surface area contributed by atoms with E-state index < -0.39 is 11.9 Å². The maximum absolute atomic E-state index is 13.1. The normalized spacial score (nSPS) is 20.3. The first-order chi connectivity index (χ1) is 12.5. The predicted molar refractivity (Wildman–Crippen MR) is 101 cm³/mol. The van der Waals surface area contributed by atoms with Crippen molar-refractivity contribution in [2.24, 2.45) is 11.7 Å². The van der Waals surface area contributed by atoms with Crippen molar-refractivity contribution < 1.29 is 14.3 Å². The molecule has 1 unspecified atom stereocenters. The average Bonchev–Trinajstić information content (AvgIpc) is 3.39. The number of nitrogens with one attached hydrogen (secondary N) is 1. The van der Waals surface area contributed by atoms with Crippen LogP contribution in [0, 0.1) is 5.92 Å². The van der Waals surface area contributed by atoms with Crippen LogP contribution in [0.25, 0.3) is 10.1 Å². The second-order valence-corrected chi connectivity index (χ2v) is 7.65. The Labute approximate surface area is 155 Å². The number of methoxy groups -OCH3 is 1. The number of thiophene rings is 1. The molecule has 0 bridgehead atoms. The fourth-order valence-electron chi connectivity index (χ4n) is 3.62. The van der Waals surface area contributed by atoms with Gasteiger partial charge in [-0.25, -0.2) is 4.79 Å². The zero-order valence-electron chi connectivity index (χ0n) is 14.7. The standard InChI is InChI=1S/C20H20N2O3S/c1-10-15(18(23)11-7-8-11)16(17(19(21)22-10)20(24)25-2)13-9-26-14-6-4-3-5-12(13)14/h3-6,9,11,16,22H,7-8,21H2,1-2H3. The third-order valence-corrected chi connectivity index (χ3v) is 6.02. The van der Waals surface area contributed by atoms with E-state index in [1.165, 1.54) is 7.11 Å². The quantitative estimate of drug-likeness (QED) is 0.810. The number of hydrogen-bond donors (Lipinski definition) is 2. The van der Waals surface area contributed by atoms with E-state index in [2.05, 4.69) is 5.32 Å². The Bertz CT molecular complexity index is 982. The van der Waals surface area contributed by atoms with Crippen LogP contribution in [0.5, 0.6) is 0 Å². The molecule has 1 aliphatic heterocycles. The Morgan fingerprint density at radius 1 is 1.23 bits per heavy atom. The van der Waals surface area contributed by atoms with Gasteiger partial charge in [-0.1, -0.05) is 18.2 Å². The van der Waals surface area contributed by atoms with E-state index >= 15 is 0 Å². The molecule has 6 heteroatoms. The summed E-state index contributed by atoms with van der Waals surface area (Å²) in [6.07, 6.45) is 1.80. The van der Waals surface area contributed by atoms with E-state index in [1.54, 1.807) is 11.3 Å². The molecule has 1 aromatic carbocycles. The number of fused-ring (bicyclic) bond motifs is 1. The molecule has 0 radical (unpaired) electrons. The number of dihydropyridines is 1. The number of ketones is 1. The van der Waals surface area contributed by atoms with Crippen LogP contribution in [0.15, 0.2) is 52.3 Å². The van der Waals surface area contributed by atoms with Gasteiger partial charge in [-0.05, 0) is 42.2 Å². The highest BCUT2D eigenvalue weighted by Crippen LogP contribution is 2.46. The van der Waals surface area contributed by atoms with Crippen LogP contribution in [0.4, 0.5) is 0 Å². The van der Waals surface area contributed by atoms with E-state index in [0.29, 0.717) is 16.8 Å². The summed E-state index contributed by atoms with van der Waals surface area (Å²) in [6.45, 7) is 1.85. The van der Waals surface area contributed by atoms with Gasteiger partial charge in [0.1, 0.15) is 5.82 Å². The number of allylic oxidation sites excluding steroid dienone is 2. The second kappa shape index (κ2) is 6.29. The Hall–Kier alpha value is -2.60. The first-order valence-corrected chi connectivity index (χ1v) is 9.47. The molecule has 4 rings (SSSR count). The fourth-order valence-corrected chi connectivity index (χ4v) is 4.60. The van der Waals surface area contributed by atoms with E-state index in [4.69, 9.17) is 10.5 Å². The van der Waals surface area contributed by atoms with Crippen LogP contribution in [0.2, 0.25) is 0 Å². The van der Waals surface area contributed by atoms with Crippen molar-refractivity contribution >= 4 is 33.2 Å². The second-order valence-electron chi connectivity index (χ2n) is 6.74. The van der Waals surface area contributed by atoms with E-state index in [9.17, 15) is 9.59 Å². The number of rotatable bonds is 4. The van der Waals surface area contributed by atoms with Gasteiger partial charge >= 0.3 is 5.97 Å². The average molecular weight is 368 g/mol. The van der Waals surface area contributed by atoms with Crippen LogP contribution in [-0.2, 0) is 14.3 Å². The summed E-state index contributed by atoms with van der Waals surface area (Å²) >= 11 is 1.60. The molecule has 1 atom stereocenters. The van der Waals surface area contributed by atoms with Gasteiger partial charge < -0.3 is 15.8 Å². The van der Waals surface area contributed by atoms with Gasteiger partial charge in [0.25, 0.3) is 0 Å². The number of ether oxygens (including phenoxy) is 1. The molecule has 1 aromatic heterocycles. The van der Waals surface area contributed by atoms with Crippen molar-refractivity contribution in [3.05, 3.63) is 57.9 Å². The molecule has 3 N–H and O–H groups in total. The highest BCUT2D eigenvalue weighted by Gasteiger charge is 2.42. The molecule has 1 saturated carbocycles. The highest BCUT2D eigenvalue weighted by atomic mass is 32.1. The van der Waals surface area contributed by atoms with Crippen LogP contribution in [0.3, 0.4) is 0 Å². The van der Waals surface area contributed by atoms with Crippen molar-refractivity contribution in [1.82, 2.24) is 5.32 Å². The summed E-state index contributed by atoms with van der Waals surface area (Å²) in [5.41, 5.74) is 8.75. The van der Waals surface area contributed by atoms with Gasteiger partial charge in [-0.15, -0.1) is 11.3 Å². The summed E-state index contributed by atoms with van der Waals surface area (Å²) in [6, 6.07) is 7.99. The minimum atomic E-state index is -0.510. The maximum Gasteiger partial charge on any atom is 0.338 e. The minimum absolute atomic E-state index is 0.0485. The molecule has 0 spiro atoms. The first kappa shape index (κ1) is 16.8. The Morgan fingerprint density at radius 2 is 1.96 bits per heavy atom. The van der Waals surface area contributed by atoms with Crippen LogP contribution < -0.4 is 11.1 Å². The molecule has 1 aliphatic carbocycles. The molecule has 1 fully saturated rings. The van der Waals surface area contributed by atoms with Crippen molar-refractivity contribution in [1.29, 1.82) is 0 Å². The summed E-state index contributed by atoms with van der Waals surface area (Å²) in [7, 11) is 1.33. The van der Waals surface area contributed by atoms with Crippen molar-refractivity contribution in [3.8, 4) is 0 Å². The molecular formula is C20H20N2O3S. The van der Waals surface area contributed by atoms with Crippen molar-refractivity contribution in [3.63, 3.8) is 0 Å². The topological polar surface area (TPSA) is 81.4 Å². The van der Waals surface area contributed by atoms with Crippen molar-refractivity contribution in [2.75, 3.05) is 7.11 Å². The van der Waals surface area contributed by atoms with Gasteiger partial charge in [0.2, 0.25) is 0 Å². The lowest BCUT2D eigenvalue weighted by Crippen LogP contribution is -2.35. The number of nitrogens with two attached hydrogens (primary N) is 1. The Kier molecular flexibility index (Phi) is 4.07. The summed E-state index contributed by atoms with van der Waals surface area (Å²) in [4.78, 5) is 25.6. The lowest BCUT2D eigenvalue weighted by atomic mass is 9.78. The summed E-state index contributed by atoms with van der Waals surface area (Å²) in [5.74, 6) is -0.615. The molecule has 134 valence electrons. The highest BCUT2D eigenvalue weighted by molar-refractivity contribution is 7.17. The summed E-state index contributed by atoms with van der Waals surface area (Å²) < 4.78 is 6.10. The van der Waals surface area contributed by atoms with Gasteiger partial charge in [0.15, 0.2) is 5.78 Å². The number of carbonyl (C=O) groups is 2. The molecular weight excluding hydrogens is 348 g/mol. The number of Topliss-reactive ketones (excluding diaryl/α,β-unsaturated/α-hetero) is 1. The van der Waals surface area contributed by atoms with E-state index in [1.807, 2.05) is 36.6 Å². The van der Waals surface area contributed by atoms with E-state index in [-0.39, 0.29) is 17.5 Å². The monoisotopic (exact) mass is 368 g/mol. The number of carbonyl (C=O) groups excluding carboxylic acids is 2. The maximum atomic E-state index is 13.1. The third-order valence-electron chi connectivity index (χ3n) is 5.03. The third kappa shape index (κ3) is 2.61. The molecule has 26 heavy (non-hydrogen) atoms. The minimum Gasteiger partial charge on any atom is -0.466 e. The largest absolute Gasteiger partial charge is 0.466 e. The Balaban J connectivity index is 1.95. The van der Waals surface area contributed by atoms with Crippen LogP contribution >= 0.6 is 11.3 Å². The molecule has 5 nitrogen and oxygen atoms in total. The number of esters is 1. The van der Waals surface area contributed by atoms with Gasteiger partial charge in [0, 0.05) is 21.9 Å². The van der Waals surface area contributed by atoms with Crippen LogP contribution in [0.1, 0.15) is 31.2 Å². The molecule has 0 saturated heterocycles. The smallest absolute Gasteiger partial charge is 0.338 e. The number of hydrogen-bond acceptors (Lipinski definition) is 6. The zero-order valence-corrected chi connectivity index (χ0v) is 15.5. The first-order valence-electron chi connectivity index (χ1n) is 8.59. The number of benzene rings is 1. The SMILES string of the molecule is COC(=O)C1=C(N)NC(C)=C(C(=O)C2CC2)C1c1csc2ccccc12. The molecule has 2 heterocycles. The van der Waals surface area contributed by atoms with Crippen molar-refractivity contribution in [2.45, 2.75) is 25.7 Å². The Morgan fingerprint density at radius 3 is 2.65 bits per heavy atom. The fraction of sp³-hybridized carbons (Fsp3) is 0.300. The predicted octanol–water partition coefficient (Wildman–Crippen LogP) is 3.18. The molecule has 2 aromatic rings. The van der Waals surface area contributed by atoms with E-state index in [0.717, 1.165) is 28.5 Å². The van der Waals surface area contributed by atoms with Gasteiger partial charge in [-0.3, -0.25) is 4.79 Å². The van der Waals surface area contributed by atoms with Gasteiger partial charge in [0.05, 0.1) is 18.6 Å². The zero-order chi connectivity index (χ0) is 18.4. The lowest BCUT2D eigenvalue weighted by Gasteiger charge is -2.30. The van der Waals surface area contributed by atoms with Crippen LogP contribution in [-0.4, -0.2) is 18.9 Å². The lowest BCUT2D eigenvalue weighted by molar-refractivity contribution is -0.136. The van der Waals surface area contributed by atoms with Gasteiger partial charge in [-0.2, -0.15) is 0 Å². The molecule has 0 amide bonds. The molecule has 2 aliphatic rings.